The third-order valence-corrected chi connectivity index (χ3v) is 7.42. The normalized spacial score (nSPS) is 15.9. The number of anilines is 1. The van der Waals surface area contributed by atoms with Gasteiger partial charge in [-0.1, -0.05) is 61.5 Å². The van der Waals surface area contributed by atoms with E-state index in [0.717, 1.165) is 22.1 Å². The summed E-state index contributed by atoms with van der Waals surface area (Å²) in [6, 6.07) is 22.8. The molecule has 2 bridgehead atoms. The molecular formula is C25H26N2O3S. The first-order chi connectivity index (χ1) is 14.9. The number of hydrogen-bond acceptors (Lipinski definition) is 4. The second-order valence-corrected chi connectivity index (χ2v) is 9.68. The molecule has 3 aliphatic rings. The maximum atomic E-state index is 12.7. The van der Waals surface area contributed by atoms with Crippen molar-refractivity contribution in [3.8, 4) is 0 Å². The minimum absolute atomic E-state index is 0.0992. The van der Waals surface area contributed by atoms with Crippen LogP contribution in [0.15, 0.2) is 77.7 Å². The van der Waals surface area contributed by atoms with E-state index in [-0.39, 0.29) is 22.9 Å². The topological polar surface area (TPSA) is 66.5 Å². The van der Waals surface area contributed by atoms with Gasteiger partial charge in [-0.05, 0) is 48.2 Å². The number of carbonyl (C=O) groups excluding carboxylic acids is 1. The van der Waals surface area contributed by atoms with E-state index in [1.807, 2.05) is 38.1 Å². The molecule has 3 aromatic carbocycles. The van der Waals surface area contributed by atoms with Gasteiger partial charge in [-0.25, -0.2) is 12.7 Å². The van der Waals surface area contributed by atoms with Crippen LogP contribution in [0.4, 0.5) is 5.69 Å². The third-order valence-electron chi connectivity index (χ3n) is 5.61. The molecule has 1 heterocycles. The van der Waals surface area contributed by atoms with Gasteiger partial charge in [0.15, 0.2) is 0 Å². The summed E-state index contributed by atoms with van der Waals surface area (Å²) in [5.74, 6) is -0.563. The third kappa shape index (κ3) is 4.08. The van der Waals surface area contributed by atoms with Crippen molar-refractivity contribution in [2.75, 3.05) is 18.4 Å². The van der Waals surface area contributed by atoms with Crippen molar-refractivity contribution < 1.29 is 13.2 Å². The first kappa shape index (κ1) is 21.1. The number of hydrogen-bond donors (Lipinski definition) is 1. The summed E-state index contributed by atoms with van der Waals surface area (Å²) in [6.07, 6.45) is 1.22. The summed E-state index contributed by atoms with van der Waals surface area (Å²) in [7, 11) is -3.76. The van der Waals surface area contributed by atoms with Gasteiger partial charge in [0.25, 0.3) is 15.9 Å². The fourth-order valence-electron chi connectivity index (χ4n) is 3.99. The molecule has 0 fully saturated rings. The molecule has 0 saturated heterocycles. The van der Waals surface area contributed by atoms with Crippen molar-refractivity contribution in [1.29, 1.82) is 0 Å². The second kappa shape index (κ2) is 8.55. The zero-order valence-corrected chi connectivity index (χ0v) is 18.5. The lowest BCUT2D eigenvalue weighted by molar-refractivity contribution is 0.0867. The smallest absolute Gasteiger partial charge is 0.269 e. The van der Waals surface area contributed by atoms with Crippen LogP contribution >= 0.6 is 0 Å². The zero-order chi connectivity index (χ0) is 22.0. The van der Waals surface area contributed by atoms with Gasteiger partial charge in [0, 0.05) is 24.7 Å². The van der Waals surface area contributed by atoms with Gasteiger partial charge >= 0.3 is 0 Å². The number of fused-ring (bicyclic) bond motifs is 3. The number of nitrogens with zero attached hydrogens (tertiary/aromatic N) is 1. The molecule has 1 N–H and O–H groups in total. The highest BCUT2D eigenvalue weighted by atomic mass is 32.2. The number of nitrogens with one attached hydrogen (secondary N) is 1. The monoisotopic (exact) mass is 434 g/mol. The zero-order valence-electron chi connectivity index (χ0n) is 17.7. The lowest BCUT2D eigenvalue weighted by Crippen LogP contribution is -2.33. The van der Waals surface area contributed by atoms with E-state index < -0.39 is 15.9 Å². The van der Waals surface area contributed by atoms with E-state index in [4.69, 9.17) is 0 Å². The maximum Gasteiger partial charge on any atom is 0.269 e. The summed E-state index contributed by atoms with van der Waals surface area (Å²) in [4.78, 5) is 12.6. The largest absolute Gasteiger partial charge is 0.385 e. The van der Waals surface area contributed by atoms with Gasteiger partial charge in [-0.2, -0.15) is 0 Å². The minimum atomic E-state index is -3.76. The van der Waals surface area contributed by atoms with Crippen molar-refractivity contribution in [3.05, 3.63) is 95.1 Å². The number of sulfonamides is 1. The van der Waals surface area contributed by atoms with Crippen molar-refractivity contribution >= 4 is 21.6 Å². The van der Waals surface area contributed by atoms with Gasteiger partial charge in [0.05, 0.1) is 5.56 Å². The van der Waals surface area contributed by atoms with Crippen LogP contribution in [0.5, 0.6) is 0 Å². The fraction of sp³-hybridized carbons (Fsp3) is 0.240. The Morgan fingerprint density at radius 3 is 2.19 bits per heavy atom. The van der Waals surface area contributed by atoms with E-state index in [1.54, 1.807) is 18.2 Å². The lowest BCUT2D eigenvalue weighted by atomic mass is 9.94. The predicted molar refractivity (Wildman–Crippen MR) is 123 cm³/mol. The van der Waals surface area contributed by atoms with Crippen LogP contribution in [0.1, 0.15) is 46.8 Å². The van der Waals surface area contributed by atoms with E-state index >= 15 is 0 Å². The minimum Gasteiger partial charge on any atom is -0.385 e. The highest BCUT2D eigenvalue weighted by Crippen LogP contribution is 2.33. The molecule has 5 nitrogen and oxygen atoms in total. The molecule has 0 saturated carbocycles. The Bertz CT molecular complexity index is 1200. The van der Waals surface area contributed by atoms with Crippen molar-refractivity contribution in [3.63, 3.8) is 0 Å². The Labute approximate surface area is 183 Å². The molecule has 1 unspecified atom stereocenters. The molecule has 160 valence electrons. The summed E-state index contributed by atoms with van der Waals surface area (Å²) in [6.45, 7) is 4.84. The summed E-state index contributed by atoms with van der Waals surface area (Å²) >= 11 is 0. The SMILES string of the molecule is CCNc1ccccc1C(C)CN1C(=O)c2ccccc2S1(=O)=O.c1cc2cc(c1)C2. The average Bonchev–Trinajstić information content (AvgIpc) is 2.96. The van der Waals surface area contributed by atoms with Gasteiger partial charge in [-0.3, -0.25) is 4.79 Å². The number of carbonyl (C=O) groups is 1. The van der Waals surface area contributed by atoms with E-state index in [0.29, 0.717) is 0 Å². The highest BCUT2D eigenvalue weighted by Gasteiger charge is 2.41. The number of rotatable bonds is 5. The van der Waals surface area contributed by atoms with Gasteiger partial charge < -0.3 is 5.32 Å². The average molecular weight is 435 g/mol. The molecule has 1 amide bonds. The first-order valence-electron chi connectivity index (χ1n) is 10.5. The summed E-state index contributed by atoms with van der Waals surface area (Å²) < 4.78 is 26.3. The van der Waals surface area contributed by atoms with E-state index in [2.05, 4.69) is 29.6 Å². The van der Waals surface area contributed by atoms with Crippen LogP contribution in [0.25, 0.3) is 0 Å². The predicted octanol–water partition coefficient (Wildman–Crippen LogP) is 4.66. The highest BCUT2D eigenvalue weighted by molar-refractivity contribution is 7.90. The molecule has 2 aliphatic carbocycles. The van der Waals surface area contributed by atoms with Crippen molar-refractivity contribution in [2.45, 2.75) is 31.1 Å². The fourth-order valence-corrected chi connectivity index (χ4v) is 5.65. The Hall–Kier alpha value is -3.12. The van der Waals surface area contributed by atoms with Crippen LogP contribution in [-0.4, -0.2) is 31.7 Å². The number of para-hydroxylation sites is 1. The van der Waals surface area contributed by atoms with Crippen LogP contribution in [0.2, 0.25) is 0 Å². The summed E-state index contributed by atoms with van der Waals surface area (Å²) in [5, 5.41) is 3.28. The molecule has 3 aromatic rings. The maximum absolute atomic E-state index is 12.7. The van der Waals surface area contributed by atoms with Crippen LogP contribution in [-0.2, 0) is 16.4 Å². The van der Waals surface area contributed by atoms with Crippen molar-refractivity contribution in [2.24, 2.45) is 0 Å². The molecular weight excluding hydrogens is 408 g/mol. The van der Waals surface area contributed by atoms with Crippen LogP contribution in [0.3, 0.4) is 0 Å². The van der Waals surface area contributed by atoms with E-state index in [9.17, 15) is 13.2 Å². The Morgan fingerprint density at radius 2 is 1.61 bits per heavy atom. The Balaban J connectivity index is 0.000000275. The van der Waals surface area contributed by atoms with Gasteiger partial charge in [-0.15, -0.1) is 0 Å². The number of benzene rings is 3. The van der Waals surface area contributed by atoms with Gasteiger partial charge in [0.2, 0.25) is 0 Å². The molecule has 0 aromatic heterocycles. The molecule has 0 spiro atoms. The van der Waals surface area contributed by atoms with E-state index in [1.165, 1.54) is 23.6 Å². The lowest BCUT2D eigenvalue weighted by Gasteiger charge is -2.22. The van der Waals surface area contributed by atoms with Crippen molar-refractivity contribution in [1.82, 2.24) is 4.31 Å². The molecule has 1 atom stereocenters. The second-order valence-electron chi connectivity index (χ2n) is 7.85. The summed E-state index contributed by atoms with van der Waals surface area (Å²) in [5.41, 5.74) is 5.19. The molecule has 6 heteroatoms. The Morgan fingerprint density at radius 1 is 0.968 bits per heavy atom. The standard InChI is InChI=1S/C18H20N2O3S.C7H6/c1-3-19-16-10-6-4-8-14(16)13(2)12-20-18(21)15-9-5-7-11-17(15)24(20,22)23;1-2-6-4-7(3-1)5-6/h4-11,13,19H,3,12H2,1-2H3;1-4H,5H2. The van der Waals surface area contributed by atoms with Crippen LogP contribution in [0, 0.1) is 0 Å². The number of amides is 1. The molecule has 6 rings (SSSR count). The van der Waals surface area contributed by atoms with Crippen LogP contribution < -0.4 is 5.32 Å². The molecule has 0 radical (unpaired) electrons. The quantitative estimate of drug-likeness (QED) is 0.496. The molecule has 1 aliphatic heterocycles. The molecule has 31 heavy (non-hydrogen) atoms. The Kier molecular flexibility index (Phi) is 5.83. The first-order valence-corrected chi connectivity index (χ1v) is 11.9. The van der Waals surface area contributed by atoms with Gasteiger partial charge in [0.1, 0.15) is 4.90 Å².